The van der Waals surface area contributed by atoms with Crippen LogP contribution in [0.4, 0.5) is 20.2 Å². The number of carbonyl (C=O) groups is 2. The van der Waals surface area contributed by atoms with Gasteiger partial charge in [-0.25, -0.2) is 13.7 Å². The van der Waals surface area contributed by atoms with Crippen molar-refractivity contribution in [3.63, 3.8) is 0 Å². The molecule has 1 N–H and O–H groups in total. The molecule has 0 atom stereocenters. The van der Waals surface area contributed by atoms with Crippen molar-refractivity contribution in [3.8, 4) is 11.5 Å². The van der Waals surface area contributed by atoms with Crippen molar-refractivity contribution in [2.75, 3.05) is 24.4 Å². The first-order valence-corrected chi connectivity index (χ1v) is 9.97. The van der Waals surface area contributed by atoms with Crippen LogP contribution >= 0.6 is 0 Å². The van der Waals surface area contributed by atoms with E-state index in [4.69, 9.17) is 9.47 Å². The Morgan fingerprint density at radius 3 is 2.06 bits per heavy atom. The summed E-state index contributed by atoms with van der Waals surface area (Å²) < 4.78 is 38.9. The van der Waals surface area contributed by atoms with Gasteiger partial charge in [0.2, 0.25) is 0 Å². The Morgan fingerprint density at radius 2 is 1.45 bits per heavy atom. The Balaban J connectivity index is 1.86. The van der Waals surface area contributed by atoms with Gasteiger partial charge in [-0.2, -0.15) is 0 Å². The second kappa shape index (κ2) is 8.74. The smallest absolute Gasteiger partial charge is 0.282 e. The number of hydrogen-bond acceptors (Lipinski definition) is 5. The maximum absolute atomic E-state index is 14.5. The summed E-state index contributed by atoms with van der Waals surface area (Å²) in [6.45, 7) is 1.88. The molecule has 6 nitrogen and oxygen atoms in total. The highest BCUT2D eigenvalue weighted by atomic mass is 19.1. The summed E-state index contributed by atoms with van der Waals surface area (Å²) in [6, 6.07) is 14.4. The van der Waals surface area contributed by atoms with Crippen LogP contribution in [0, 0.1) is 18.6 Å². The van der Waals surface area contributed by atoms with Crippen molar-refractivity contribution in [2.45, 2.75) is 6.92 Å². The fourth-order valence-electron chi connectivity index (χ4n) is 3.53. The molecular weight excluding hydrogens is 430 g/mol. The average Bonchev–Trinajstić information content (AvgIpc) is 3.05. The molecule has 2 amide bonds. The molecule has 4 rings (SSSR count). The molecule has 0 saturated carbocycles. The number of anilines is 2. The predicted molar refractivity (Wildman–Crippen MR) is 120 cm³/mol. The number of rotatable bonds is 6. The maximum Gasteiger partial charge on any atom is 0.282 e. The van der Waals surface area contributed by atoms with Gasteiger partial charge in [-0.1, -0.05) is 29.8 Å². The molecule has 3 aromatic rings. The third-order valence-corrected chi connectivity index (χ3v) is 5.19. The Hall–Kier alpha value is -4.20. The highest BCUT2D eigenvalue weighted by molar-refractivity contribution is 6.46. The van der Waals surface area contributed by atoms with Crippen molar-refractivity contribution < 1.29 is 27.8 Å². The molecule has 1 heterocycles. The Labute approximate surface area is 189 Å². The van der Waals surface area contributed by atoms with Gasteiger partial charge in [0, 0.05) is 30.0 Å². The van der Waals surface area contributed by atoms with Gasteiger partial charge in [-0.05, 0) is 24.6 Å². The zero-order valence-electron chi connectivity index (χ0n) is 18.1. The monoisotopic (exact) mass is 450 g/mol. The van der Waals surface area contributed by atoms with Crippen molar-refractivity contribution in [3.05, 3.63) is 89.1 Å². The summed E-state index contributed by atoms with van der Waals surface area (Å²) in [5.74, 6) is -2.35. The lowest BCUT2D eigenvalue weighted by molar-refractivity contribution is -0.120. The summed E-state index contributed by atoms with van der Waals surface area (Å²) in [6.07, 6.45) is 0. The molecule has 0 bridgehead atoms. The highest BCUT2D eigenvalue weighted by Gasteiger charge is 2.41. The van der Waals surface area contributed by atoms with E-state index < -0.39 is 29.1 Å². The molecule has 0 saturated heterocycles. The first kappa shape index (κ1) is 22.0. The van der Waals surface area contributed by atoms with Crippen LogP contribution in [0.3, 0.4) is 0 Å². The van der Waals surface area contributed by atoms with Gasteiger partial charge < -0.3 is 14.8 Å². The quantitative estimate of drug-likeness (QED) is 0.552. The van der Waals surface area contributed by atoms with Crippen LogP contribution in [-0.2, 0) is 9.59 Å². The van der Waals surface area contributed by atoms with E-state index in [9.17, 15) is 18.4 Å². The Morgan fingerprint density at radius 1 is 0.818 bits per heavy atom. The topological polar surface area (TPSA) is 67.9 Å². The van der Waals surface area contributed by atoms with E-state index in [2.05, 4.69) is 5.32 Å². The number of methoxy groups -OCH3 is 2. The molecule has 0 unspecified atom stereocenters. The third-order valence-electron chi connectivity index (χ3n) is 5.19. The summed E-state index contributed by atoms with van der Waals surface area (Å²) in [7, 11) is 2.96. The van der Waals surface area contributed by atoms with E-state index in [0.717, 1.165) is 23.8 Å². The number of hydrogen-bond donors (Lipinski definition) is 1. The molecule has 1 aliphatic heterocycles. The molecule has 0 spiro atoms. The molecule has 1 aliphatic rings. The molecular formula is C25H20F2N2O4. The minimum Gasteiger partial charge on any atom is -0.497 e. The molecule has 3 aromatic carbocycles. The number of amides is 2. The first-order valence-electron chi connectivity index (χ1n) is 9.97. The fraction of sp³-hybridized carbons (Fsp3) is 0.120. The van der Waals surface area contributed by atoms with E-state index in [-0.39, 0.29) is 11.3 Å². The van der Waals surface area contributed by atoms with Gasteiger partial charge in [-0.3, -0.25) is 9.59 Å². The lowest BCUT2D eigenvalue weighted by atomic mass is 10.0. The minimum atomic E-state index is -0.898. The van der Waals surface area contributed by atoms with E-state index in [1.807, 2.05) is 6.92 Å². The number of aryl methyl sites for hydroxylation is 1. The summed E-state index contributed by atoms with van der Waals surface area (Å²) in [5, 5.41) is 2.96. The molecule has 0 radical (unpaired) electrons. The lowest BCUT2D eigenvalue weighted by Gasteiger charge is -2.16. The number of nitrogens with zero attached hydrogens (tertiary/aromatic N) is 1. The first-order chi connectivity index (χ1) is 15.8. The van der Waals surface area contributed by atoms with Crippen LogP contribution in [-0.4, -0.2) is 26.0 Å². The second-order valence-corrected chi connectivity index (χ2v) is 7.38. The van der Waals surface area contributed by atoms with E-state index in [1.165, 1.54) is 14.2 Å². The van der Waals surface area contributed by atoms with Gasteiger partial charge in [0.05, 0.1) is 25.5 Å². The Bertz CT molecular complexity index is 1260. The molecule has 0 aromatic heterocycles. The van der Waals surface area contributed by atoms with Crippen LogP contribution in [0.2, 0.25) is 0 Å². The zero-order chi connectivity index (χ0) is 23.7. The van der Waals surface area contributed by atoms with Crippen molar-refractivity contribution in [2.24, 2.45) is 0 Å². The van der Waals surface area contributed by atoms with E-state index in [1.54, 1.807) is 42.5 Å². The molecule has 168 valence electrons. The van der Waals surface area contributed by atoms with Crippen LogP contribution in [0.1, 0.15) is 11.1 Å². The summed E-state index contributed by atoms with van der Waals surface area (Å²) in [4.78, 5) is 27.4. The Kier molecular flexibility index (Phi) is 5.83. The van der Waals surface area contributed by atoms with Crippen LogP contribution in [0.5, 0.6) is 11.5 Å². The van der Waals surface area contributed by atoms with Gasteiger partial charge in [0.25, 0.3) is 11.8 Å². The van der Waals surface area contributed by atoms with Crippen LogP contribution in [0.25, 0.3) is 5.57 Å². The molecule has 0 aliphatic carbocycles. The number of nitrogens with one attached hydrogen (secondary N) is 1. The minimum absolute atomic E-state index is 0.0328. The normalized spacial score (nSPS) is 13.5. The fourth-order valence-corrected chi connectivity index (χ4v) is 3.53. The maximum atomic E-state index is 14.5. The van der Waals surface area contributed by atoms with Crippen LogP contribution in [0.15, 0.2) is 66.4 Å². The van der Waals surface area contributed by atoms with Crippen LogP contribution < -0.4 is 19.7 Å². The largest absolute Gasteiger partial charge is 0.497 e. The molecule has 33 heavy (non-hydrogen) atoms. The molecule has 0 fully saturated rings. The van der Waals surface area contributed by atoms with Crippen molar-refractivity contribution in [1.29, 1.82) is 0 Å². The number of benzene rings is 3. The van der Waals surface area contributed by atoms with Crippen molar-refractivity contribution in [1.82, 2.24) is 0 Å². The van der Waals surface area contributed by atoms with Gasteiger partial charge in [0.1, 0.15) is 28.8 Å². The van der Waals surface area contributed by atoms with E-state index in [0.29, 0.717) is 27.6 Å². The number of imide groups is 1. The number of carbonyl (C=O) groups excluding carboxylic acids is 2. The third kappa shape index (κ3) is 4.15. The average molecular weight is 450 g/mol. The van der Waals surface area contributed by atoms with Gasteiger partial charge in [-0.15, -0.1) is 0 Å². The number of ether oxygens (including phenoxy) is 2. The standard InChI is InChI=1S/C25H20F2N2O4/c1-14-4-6-15(7-5-14)22-23(28-17-11-18(32-2)13-19(12-17)33-3)25(31)29(24(22)30)21-10-16(26)8-9-20(21)27/h4-13,28H,1-3H3. The molecule has 8 heteroatoms. The van der Waals surface area contributed by atoms with Gasteiger partial charge in [0.15, 0.2) is 0 Å². The van der Waals surface area contributed by atoms with E-state index >= 15 is 0 Å². The number of halogens is 2. The highest BCUT2D eigenvalue weighted by Crippen LogP contribution is 2.36. The predicted octanol–water partition coefficient (Wildman–Crippen LogP) is 4.69. The summed E-state index contributed by atoms with van der Waals surface area (Å²) in [5.41, 5.74) is 1.31. The summed E-state index contributed by atoms with van der Waals surface area (Å²) >= 11 is 0. The zero-order valence-corrected chi connectivity index (χ0v) is 18.1. The van der Waals surface area contributed by atoms with Gasteiger partial charge >= 0.3 is 0 Å². The second-order valence-electron chi connectivity index (χ2n) is 7.38. The SMILES string of the molecule is COc1cc(NC2=C(c3ccc(C)cc3)C(=O)N(c3cc(F)ccc3F)C2=O)cc(OC)c1. The van der Waals surface area contributed by atoms with Crippen molar-refractivity contribution >= 4 is 28.8 Å². The lowest BCUT2D eigenvalue weighted by Crippen LogP contribution is -2.33.